The van der Waals surface area contributed by atoms with Gasteiger partial charge in [0.1, 0.15) is 0 Å². The van der Waals surface area contributed by atoms with E-state index < -0.39 is 0 Å². The molecule has 0 aromatic heterocycles. The third-order valence-corrected chi connectivity index (χ3v) is 9.31. The number of hydrogen-bond donors (Lipinski definition) is 2. The molecule has 0 aliphatic heterocycles. The molecule has 35 heavy (non-hydrogen) atoms. The molecule has 2 aromatic rings. The van der Waals surface area contributed by atoms with Crippen molar-refractivity contribution in [2.75, 3.05) is 11.5 Å². The number of anilines is 2. The van der Waals surface area contributed by atoms with Crippen LogP contribution in [0.2, 0.25) is 0 Å². The van der Waals surface area contributed by atoms with Crippen molar-refractivity contribution in [3.8, 4) is 0 Å². The molecule has 0 saturated heterocycles. The van der Waals surface area contributed by atoms with Gasteiger partial charge in [0.15, 0.2) is 0 Å². The summed E-state index contributed by atoms with van der Waals surface area (Å²) in [6, 6.07) is 15.1. The highest BCUT2D eigenvalue weighted by Gasteiger charge is 2.25. The van der Waals surface area contributed by atoms with Gasteiger partial charge in [0.2, 0.25) is 0 Å². The molecule has 2 saturated carbocycles. The van der Waals surface area contributed by atoms with Crippen LogP contribution >= 0.6 is 0 Å². The van der Waals surface area contributed by atoms with Crippen molar-refractivity contribution in [3.63, 3.8) is 0 Å². The van der Waals surface area contributed by atoms with Crippen LogP contribution in [0.1, 0.15) is 126 Å². The van der Waals surface area contributed by atoms with E-state index in [9.17, 15) is 0 Å². The minimum absolute atomic E-state index is 0.722. The topological polar surface area (TPSA) is 52.0 Å². The van der Waals surface area contributed by atoms with E-state index in [1.54, 1.807) is 0 Å². The summed E-state index contributed by atoms with van der Waals surface area (Å²) in [7, 11) is 0. The lowest BCUT2D eigenvalue weighted by Gasteiger charge is -2.32. The molecule has 2 nitrogen and oxygen atoms in total. The van der Waals surface area contributed by atoms with E-state index in [1.165, 1.54) is 107 Å². The first-order valence-electron chi connectivity index (χ1n) is 14.8. The van der Waals surface area contributed by atoms with Crippen LogP contribution in [0, 0.1) is 17.8 Å². The molecule has 0 atom stereocenters. The number of rotatable bonds is 11. The molecule has 0 spiro atoms. The number of nitrogens with two attached hydrogens (primary N) is 2. The summed E-state index contributed by atoms with van der Waals surface area (Å²) in [5.74, 6) is 3.75. The Hall–Kier alpha value is -1.96. The van der Waals surface area contributed by atoms with E-state index in [0.29, 0.717) is 0 Å². The quantitative estimate of drug-likeness (QED) is 0.252. The zero-order chi connectivity index (χ0) is 24.5. The monoisotopic (exact) mass is 474 g/mol. The Morgan fingerprint density at radius 2 is 1.23 bits per heavy atom. The first-order valence-corrected chi connectivity index (χ1v) is 14.8. The van der Waals surface area contributed by atoms with Crippen molar-refractivity contribution in [1.29, 1.82) is 0 Å². The predicted octanol–water partition coefficient (Wildman–Crippen LogP) is 9.27. The van der Waals surface area contributed by atoms with Gasteiger partial charge in [0.05, 0.1) is 0 Å². The Morgan fingerprint density at radius 3 is 1.86 bits per heavy atom. The van der Waals surface area contributed by atoms with Gasteiger partial charge in [-0.05, 0) is 72.6 Å². The fraction of sp³-hybridized carbons (Fsp3) is 0.636. The second-order valence-electron chi connectivity index (χ2n) is 11.9. The van der Waals surface area contributed by atoms with Crippen molar-refractivity contribution < 1.29 is 0 Å². The Kier molecular flexibility index (Phi) is 9.98. The lowest BCUT2D eigenvalue weighted by molar-refractivity contribution is 0.222. The van der Waals surface area contributed by atoms with Crippen LogP contribution in [0.15, 0.2) is 42.5 Å². The normalized spacial score (nSPS) is 24.9. The van der Waals surface area contributed by atoms with Crippen molar-refractivity contribution in [2.45, 2.75) is 116 Å². The molecule has 4 N–H and O–H groups in total. The number of nitrogen functional groups attached to an aromatic ring is 2. The van der Waals surface area contributed by atoms with Gasteiger partial charge in [0.25, 0.3) is 0 Å². The summed E-state index contributed by atoms with van der Waals surface area (Å²) in [6.45, 7) is 2.32. The van der Waals surface area contributed by atoms with Gasteiger partial charge in [-0.15, -0.1) is 0 Å². The minimum atomic E-state index is 0.722. The van der Waals surface area contributed by atoms with Gasteiger partial charge in [-0.25, -0.2) is 0 Å². The standard InChI is InChI=1S/C33H50N2/c1-2-3-4-5-8-25-13-15-26(16-14-25)17-18-27-19-21-29(22-20-27)30-10-6-9-28(23-30)24-31-32(34)11-7-12-33(31)35/h6-7,9-12,23,25-27,29H,2-5,8,13-22,24,34-35H2,1H3. The molecular weight excluding hydrogens is 424 g/mol. The third-order valence-electron chi connectivity index (χ3n) is 9.31. The molecule has 2 aromatic carbocycles. The van der Waals surface area contributed by atoms with E-state index in [0.717, 1.165) is 47.0 Å². The van der Waals surface area contributed by atoms with Gasteiger partial charge in [0, 0.05) is 23.4 Å². The largest absolute Gasteiger partial charge is 0.398 e. The van der Waals surface area contributed by atoms with Crippen LogP contribution in [0.4, 0.5) is 11.4 Å². The Bertz CT molecular complexity index is 867. The van der Waals surface area contributed by atoms with Gasteiger partial charge >= 0.3 is 0 Å². The van der Waals surface area contributed by atoms with Gasteiger partial charge < -0.3 is 11.5 Å². The summed E-state index contributed by atoms with van der Waals surface area (Å²) < 4.78 is 0. The maximum atomic E-state index is 6.20. The van der Waals surface area contributed by atoms with E-state index in [1.807, 2.05) is 18.2 Å². The van der Waals surface area contributed by atoms with Gasteiger partial charge in [-0.3, -0.25) is 0 Å². The first-order chi connectivity index (χ1) is 17.1. The van der Waals surface area contributed by atoms with Crippen molar-refractivity contribution in [1.82, 2.24) is 0 Å². The molecular formula is C33H50N2. The molecule has 0 bridgehead atoms. The molecule has 0 amide bonds. The van der Waals surface area contributed by atoms with Gasteiger partial charge in [-0.1, -0.05) is 108 Å². The minimum Gasteiger partial charge on any atom is -0.398 e. The number of hydrogen-bond acceptors (Lipinski definition) is 2. The summed E-state index contributed by atoms with van der Waals surface area (Å²) >= 11 is 0. The van der Waals surface area contributed by atoms with Crippen LogP contribution in [0.25, 0.3) is 0 Å². The fourth-order valence-corrected chi connectivity index (χ4v) is 6.91. The summed E-state index contributed by atoms with van der Waals surface area (Å²) in [6.07, 6.45) is 22.6. The molecule has 0 unspecified atom stereocenters. The molecule has 0 radical (unpaired) electrons. The lowest BCUT2D eigenvalue weighted by atomic mass is 9.73. The van der Waals surface area contributed by atoms with Crippen molar-refractivity contribution in [2.24, 2.45) is 17.8 Å². The average molecular weight is 475 g/mol. The van der Waals surface area contributed by atoms with Crippen molar-refractivity contribution >= 4 is 11.4 Å². The van der Waals surface area contributed by atoms with Crippen LogP contribution in [-0.4, -0.2) is 0 Å². The first kappa shape index (κ1) is 26.1. The molecule has 2 aliphatic rings. The highest BCUT2D eigenvalue weighted by Crippen LogP contribution is 2.40. The third kappa shape index (κ3) is 7.76. The van der Waals surface area contributed by atoms with Crippen LogP contribution < -0.4 is 11.5 Å². The maximum absolute atomic E-state index is 6.20. The van der Waals surface area contributed by atoms with E-state index in [2.05, 4.69) is 31.2 Å². The lowest BCUT2D eigenvalue weighted by Crippen LogP contribution is -2.18. The summed E-state index contributed by atoms with van der Waals surface area (Å²) in [4.78, 5) is 0. The second kappa shape index (κ2) is 13.4. The van der Waals surface area contributed by atoms with E-state index in [4.69, 9.17) is 11.5 Å². The van der Waals surface area contributed by atoms with Crippen LogP contribution in [0.3, 0.4) is 0 Å². The van der Waals surface area contributed by atoms with Gasteiger partial charge in [-0.2, -0.15) is 0 Å². The number of benzene rings is 2. The summed E-state index contributed by atoms with van der Waals surface area (Å²) in [5, 5.41) is 0. The Balaban J connectivity index is 1.18. The SMILES string of the molecule is CCCCCCC1CCC(CCC2CCC(c3cccc(Cc4c(N)cccc4N)c3)CC2)CC1. The summed E-state index contributed by atoms with van der Waals surface area (Å²) in [5.41, 5.74) is 17.9. The van der Waals surface area contributed by atoms with E-state index >= 15 is 0 Å². The Morgan fingerprint density at radius 1 is 0.657 bits per heavy atom. The number of unbranched alkanes of at least 4 members (excludes halogenated alkanes) is 3. The highest BCUT2D eigenvalue weighted by atomic mass is 14.6. The smallest absolute Gasteiger partial charge is 0.0370 e. The average Bonchev–Trinajstić information content (AvgIpc) is 2.89. The molecule has 192 valence electrons. The molecule has 4 rings (SSSR count). The molecule has 2 aliphatic carbocycles. The van der Waals surface area contributed by atoms with Crippen LogP contribution in [-0.2, 0) is 6.42 Å². The second-order valence-corrected chi connectivity index (χ2v) is 11.9. The zero-order valence-electron chi connectivity index (χ0n) is 22.3. The van der Waals surface area contributed by atoms with Crippen molar-refractivity contribution in [3.05, 3.63) is 59.2 Å². The predicted molar refractivity (Wildman–Crippen MR) is 153 cm³/mol. The molecule has 2 fully saturated rings. The van der Waals surface area contributed by atoms with E-state index in [-0.39, 0.29) is 0 Å². The maximum Gasteiger partial charge on any atom is 0.0370 e. The zero-order valence-corrected chi connectivity index (χ0v) is 22.3. The fourth-order valence-electron chi connectivity index (χ4n) is 6.91. The Labute approximate surface area is 215 Å². The van der Waals surface area contributed by atoms with Crippen LogP contribution in [0.5, 0.6) is 0 Å². The molecule has 2 heteroatoms. The molecule has 0 heterocycles. The highest BCUT2D eigenvalue weighted by molar-refractivity contribution is 5.62.